The summed E-state index contributed by atoms with van der Waals surface area (Å²) >= 11 is 1.86. The van der Waals surface area contributed by atoms with E-state index in [1.54, 1.807) is 0 Å². The maximum absolute atomic E-state index is 6.36. The lowest BCUT2D eigenvalue weighted by Crippen LogP contribution is -2.10. The molecule has 0 saturated carbocycles. The molecule has 8 aromatic carbocycles. The summed E-state index contributed by atoms with van der Waals surface area (Å²) < 4.78 is 8.99. The number of nitrogens with zero attached hydrogens (tertiary/aromatic N) is 1. The summed E-state index contributed by atoms with van der Waals surface area (Å²) in [6, 6.07) is 67.4. The van der Waals surface area contributed by atoms with Crippen LogP contribution in [-0.2, 0) is 0 Å². The maximum atomic E-state index is 6.36. The number of para-hydroxylation sites is 1. The van der Waals surface area contributed by atoms with Crippen LogP contribution in [0.4, 0.5) is 17.1 Å². The van der Waals surface area contributed by atoms with Crippen LogP contribution in [0.5, 0.6) is 0 Å². The predicted molar refractivity (Wildman–Crippen MR) is 218 cm³/mol. The fourth-order valence-electron chi connectivity index (χ4n) is 7.47. The number of anilines is 3. The Kier molecular flexibility index (Phi) is 7.04. The molecule has 0 atom stereocenters. The van der Waals surface area contributed by atoms with Gasteiger partial charge in [0.1, 0.15) is 11.2 Å². The van der Waals surface area contributed by atoms with Gasteiger partial charge in [0.15, 0.2) is 0 Å². The quantitative estimate of drug-likeness (QED) is 0.175. The van der Waals surface area contributed by atoms with Crippen LogP contribution in [0, 0.1) is 0 Å². The van der Waals surface area contributed by atoms with Crippen LogP contribution in [0.1, 0.15) is 0 Å². The Balaban J connectivity index is 1.09. The van der Waals surface area contributed by atoms with Crippen LogP contribution in [0.25, 0.3) is 75.5 Å². The van der Waals surface area contributed by atoms with Crippen molar-refractivity contribution >= 4 is 70.5 Å². The molecule has 0 bridgehead atoms. The molecule has 0 aliphatic rings. The number of furan rings is 1. The Bertz CT molecular complexity index is 2850. The first-order valence-electron chi connectivity index (χ1n) is 17.3. The fourth-order valence-corrected chi connectivity index (χ4v) is 8.62. The molecule has 51 heavy (non-hydrogen) atoms. The zero-order chi connectivity index (χ0) is 33.7. The van der Waals surface area contributed by atoms with Gasteiger partial charge in [-0.15, -0.1) is 11.3 Å². The number of fused-ring (bicyclic) bond motifs is 6. The normalized spacial score (nSPS) is 11.5. The van der Waals surface area contributed by atoms with Gasteiger partial charge in [-0.05, 0) is 88.0 Å². The molecule has 0 unspecified atom stereocenters. The molecule has 240 valence electrons. The van der Waals surface area contributed by atoms with Crippen LogP contribution in [-0.4, -0.2) is 0 Å². The van der Waals surface area contributed by atoms with Gasteiger partial charge in [-0.2, -0.15) is 0 Å². The van der Waals surface area contributed by atoms with Crippen molar-refractivity contribution in [2.75, 3.05) is 4.90 Å². The van der Waals surface area contributed by atoms with Gasteiger partial charge in [-0.3, -0.25) is 0 Å². The summed E-state index contributed by atoms with van der Waals surface area (Å²) in [4.78, 5) is 2.36. The third kappa shape index (κ3) is 5.10. The van der Waals surface area contributed by atoms with Gasteiger partial charge in [0, 0.05) is 36.9 Å². The van der Waals surface area contributed by atoms with Crippen molar-refractivity contribution in [3.8, 4) is 33.4 Å². The van der Waals surface area contributed by atoms with Crippen LogP contribution in [0.2, 0.25) is 0 Å². The van der Waals surface area contributed by atoms with Gasteiger partial charge in [0.2, 0.25) is 0 Å². The van der Waals surface area contributed by atoms with Crippen molar-refractivity contribution in [3.63, 3.8) is 0 Å². The molecule has 3 heteroatoms. The monoisotopic (exact) mass is 669 g/mol. The van der Waals surface area contributed by atoms with Crippen molar-refractivity contribution in [3.05, 3.63) is 188 Å². The molecule has 0 fully saturated rings. The summed E-state index contributed by atoms with van der Waals surface area (Å²) in [5.74, 6) is 0. The highest BCUT2D eigenvalue weighted by Gasteiger charge is 2.20. The predicted octanol–water partition coefficient (Wildman–Crippen LogP) is 14.4. The third-order valence-electron chi connectivity index (χ3n) is 9.91. The molecule has 0 amide bonds. The van der Waals surface area contributed by atoms with Crippen molar-refractivity contribution < 1.29 is 4.42 Å². The molecular formula is C48H31NOS. The lowest BCUT2D eigenvalue weighted by molar-refractivity contribution is 0.669. The van der Waals surface area contributed by atoms with Crippen molar-refractivity contribution in [2.24, 2.45) is 0 Å². The topological polar surface area (TPSA) is 16.4 Å². The van der Waals surface area contributed by atoms with Gasteiger partial charge in [-0.25, -0.2) is 0 Å². The van der Waals surface area contributed by atoms with Gasteiger partial charge in [0.25, 0.3) is 0 Å². The van der Waals surface area contributed by atoms with E-state index in [-0.39, 0.29) is 0 Å². The summed E-state index contributed by atoms with van der Waals surface area (Å²) in [6.45, 7) is 0. The van der Waals surface area contributed by atoms with Crippen LogP contribution in [0.15, 0.2) is 192 Å². The van der Waals surface area contributed by atoms with Crippen LogP contribution < -0.4 is 4.90 Å². The molecule has 2 aromatic heterocycles. The number of benzene rings is 8. The molecule has 2 heterocycles. The Morgan fingerprint density at radius 2 is 0.941 bits per heavy atom. The smallest absolute Gasteiger partial charge is 0.137 e. The Morgan fingerprint density at radius 1 is 0.373 bits per heavy atom. The maximum Gasteiger partial charge on any atom is 0.137 e. The second kappa shape index (κ2) is 12.2. The van der Waals surface area contributed by atoms with E-state index in [0.29, 0.717) is 0 Å². The van der Waals surface area contributed by atoms with Gasteiger partial charge in [0.05, 0.1) is 11.1 Å². The first kappa shape index (κ1) is 29.5. The second-order valence-corrected chi connectivity index (χ2v) is 14.0. The van der Waals surface area contributed by atoms with E-state index in [1.165, 1.54) is 53.6 Å². The summed E-state index contributed by atoms with van der Waals surface area (Å²) in [5, 5.41) is 4.85. The molecule has 0 spiro atoms. The average Bonchev–Trinajstić information content (AvgIpc) is 3.77. The largest absolute Gasteiger partial charge is 0.456 e. The molecule has 0 aliphatic heterocycles. The first-order chi connectivity index (χ1) is 25.3. The zero-order valence-electron chi connectivity index (χ0n) is 27.7. The molecule has 0 radical (unpaired) electrons. The fraction of sp³-hybridized carbons (Fsp3) is 0. The number of hydrogen-bond donors (Lipinski definition) is 0. The molecule has 10 rings (SSSR count). The zero-order valence-corrected chi connectivity index (χ0v) is 28.5. The van der Waals surface area contributed by atoms with E-state index in [1.807, 2.05) is 23.5 Å². The van der Waals surface area contributed by atoms with Crippen molar-refractivity contribution in [1.82, 2.24) is 0 Å². The van der Waals surface area contributed by atoms with E-state index in [4.69, 9.17) is 4.42 Å². The highest BCUT2D eigenvalue weighted by Crippen LogP contribution is 2.44. The standard InChI is InChI=1S/C48H31NOS/c1-2-11-33(12-3-1)38-13-4-5-14-39(38)34-23-28-37(29-24-34)49(43-17-10-19-45-48(43)42-16-6-8-18-44(42)50-45)36-26-21-32(22-27-36)35-25-30-41-40-15-7-9-20-46(40)51-47(41)31-35/h1-31H. The Morgan fingerprint density at radius 3 is 1.71 bits per heavy atom. The minimum atomic E-state index is 0.875. The first-order valence-corrected chi connectivity index (χ1v) is 18.1. The molecule has 0 aliphatic carbocycles. The highest BCUT2D eigenvalue weighted by atomic mass is 32.1. The summed E-state index contributed by atoms with van der Waals surface area (Å²) in [6.07, 6.45) is 0. The SMILES string of the molecule is c1ccc(-c2ccccc2-c2ccc(N(c3ccc(-c4ccc5c(c4)sc4ccccc45)cc3)c3cccc4oc5ccccc5c34)cc2)cc1. The van der Waals surface area contributed by atoms with Crippen molar-refractivity contribution in [2.45, 2.75) is 0 Å². The van der Waals surface area contributed by atoms with E-state index < -0.39 is 0 Å². The molecule has 0 N–H and O–H groups in total. The van der Waals surface area contributed by atoms with E-state index in [9.17, 15) is 0 Å². The lowest BCUT2D eigenvalue weighted by atomic mass is 9.94. The van der Waals surface area contributed by atoms with Crippen LogP contribution in [0.3, 0.4) is 0 Å². The van der Waals surface area contributed by atoms with E-state index in [0.717, 1.165) is 39.0 Å². The molecular weight excluding hydrogens is 639 g/mol. The van der Waals surface area contributed by atoms with Crippen LogP contribution >= 0.6 is 11.3 Å². The Labute approximate surface area is 300 Å². The van der Waals surface area contributed by atoms with Gasteiger partial charge >= 0.3 is 0 Å². The van der Waals surface area contributed by atoms with E-state index >= 15 is 0 Å². The summed E-state index contributed by atoms with van der Waals surface area (Å²) in [7, 11) is 0. The van der Waals surface area contributed by atoms with E-state index in [2.05, 4.69) is 181 Å². The molecule has 10 aromatic rings. The second-order valence-electron chi connectivity index (χ2n) is 12.9. The van der Waals surface area contributed by atoms with Gasteiger partial charge in [-0.1, -0.05) is 133 Å². The number of thiophene rings is 1. The highest BCUT2D eigenvalue weighted by molar-refractivity contribution is 7.25. The van der Waals surface area contributed by atoms with Gasteiger partial charge < -0.3 is 9.32 Å². The minimum absolute atomic E-state index is 0.875. The summed E-state index contributed by atoms with van der Waals surface area (Å²) in [5.41, 5.74) is 12.2. The number of rotatable bonds is 6. The molecule has 0 saturated heterocycles. The third-order valence-corrected chi connectivity index (χ3v) is 11.0. The van der Waals surface area contributed by atoms with Crippen molar-refractivity contribution in [1.29, 1.82) is 0 Å². The molecule has 2 nitrogen and oxygen atoms in total. The Hall–Kier alpha value is -6.42. The number of hydrogen-bond acceptors (Lipinski definition) is 3. The lowest BCUT2D eigenvalue weighted by Gasteiger charge is -2.27. The minimum Gasteiger partial charge on any atom is -0.456 e. The average molecular weight is 670 g/mol.